The van der Waals surface area contributed by atoms with Crippen LogP contribution in [0.5, 0.6) is 5.75 Å². The van der Waals surface area contributed by atoms with Gasteiger partial charge in [0, 0.05) is 68.9 Å². The lowest BCUT2D eigenvalue weighted by Crippen LogP contribution is -2.49. The van der Waals surface area contributed by atoms with Crippen LogP contribution in [0.1, 0.15) is 48.3 Å². The van der Waals surface area contributed by atoms with E-state index in [4.69, 9.17) is 4.74 Å². The number of aryl methyl sites for hydroxylation is 1. The lowest BCUT2D eigenvalue weighted by molar-refractivity contribution is -0.131. The predicted octanol–water partition coefficient (Wildman–Crippen LogP) is 5.58. The maximum absolute atomic E-state index is 16.8. The fourth-order valence-electron chi connectivity index (χ4n) is 6.95. The zero-order valence-electron chi connectivity index (χ0n) is 29.8. The number of hydrogen-bond acceptors (Lipinski definition) is 8. The van der Waals surface area contributed by atoms with E-state index in [-0.39, 0.29) is 36.0 Å². The number of methoxy groups -OCH3 is 1. The van der Waals surface area contributed by atoms with Crippen molar-refractivity contribution in [1.82, 2.24) is 34.8 Å². The molecule has 3 aromatic heterocycles. The molecule has 2 aliphatic rings. The number of nitrogens with one attached hydrogen (secondary N) is 1. The molecule has 0 aliphatic carbocycles. The van der Waals surface area contributed by atoms with Crippen molar-refractivity contribution in [2.45, 2.75) is 38.6 Å². The van der Waals surface area contributed by atoms with E-state index >= 15 is 4.39 Å². The molecule has 2 amide bonds. The summed E-state index contributed by atoms with van der Waals surface area (Å²) in [6.45, 7) is 6.40. The Morgan fingerprint density at radius 1 is 1.04 bits per heavy atom. The van der Waals surface area contributed by atoms with E-state index in [2.05, 4.69) is 26.3 Å². The first-order valence-electron chi connectivity index (χ1n) is 17.5. The standard InChI is InChI=1S/C39H39F2N9O3/c1-39(2,24-42)27-8-4-6-25(18-27)29-20-30(26-7-5-11-49(23-26)34(51)9-12-50-13-10-44-46-50)35(41)36-31(29)21-32(45-36)38(52)48-16-14-47(15-17-48)37-33(53-3)19-28(40)22-43-37/h4,6-8,10,13,18-22,45H,5,9,11-12,14-17,23H2,1-3H3. The number of hydrogen-bond donors (Lipinski definition) is 1. The first-order valence-corrected chi connectivity index (χ1v) is 17.5. The van der Waals surface area contributed by atoms with Crippen molar-refractivity contribution in [1.29, 1.82) is 5.26 Å². The van der Waals surface area contributed by atoms with E-state index in [0.717, 1.165) is 17.3 Å². The van der Waals surface area contributed by atoms with Crippen molar-refractivity contribution in [3.63, 3.8) is 0 Å². The molecule has 0 bridgehead atoms. The van der Waals surface area contributed by atoms with Crippen molar-refractivity contribution < 1.29 is 23.1 Å². The summed E-state index contributed by atoms with van der Waals surface area (Å²) >= 11 is 0. The average Bonchev–Trinajstić information content (AvgIpc) is 3.88. The number of anilines is 1. The van der Waals surface area contributed by atoms with E-state index in [1.165, 1.54) is 13.2 Å². The molecule has 53 heavy (non-hydrogen) atoms. The van der Waals surface area contributed by atoms with Crippen LogP contribution in [0.3, 0.4) is 0 Å². The third-order valence-corrected chi connectivity index (χ3v) is 10.0. The van der Waals surface area contributed by atoms with E-state index < -0.39 is 17.0 Å². The number of carbonyl (C=O) groups is 2. The third-order valence-electron chi connectivity index (χ3n) is 10.0. The van der Waals surface area contributed by atoms with Gasteiger partial charge >= 0.3 is 0 Å². The SMILES string of the molecule is COc1cc(F)cnc1N1CCN(C(=O)c2cc3c(-c4cccc(C(C)(C)C#N)c4)cc(C4=CCCN(C(=O)CCn5ccnn5)C4)c(F)c3[nH]2)CC1. The maximum atomic E-state index is 16.8. The number of fused-ring (bicyclic) bond motifs is 1. The summed E-state index contributed by atoms with van der Waals surface area (Å²) < 4.78 is 37.5. The highest BCUT2D eigenvalue weighted by molar-refractivity contribution is 6.04. The minimum absolute atomic E-state index is 0.0687. The van der Waals surface area contributed by atoms with Crippen LogP contribution in [0.2, 0.25) is 0 Å². The molecule has 1 fully saturated rings. The number of benzene rings is 2. The summed E-state index contributed by atoms with van der Waals surface area (Å²) in [6, 6.07) is 14.7. The molecule has 7 rings (SSSR count). The summed E-state index contributed by atoms with van der Waals surface area (Å²) in [5, 5.41) is 18.1. The monoisotopic (exact) mass is 719 g/mol. The van der Waals surface area contributed by atoms with Gasteiger partial charge in [0.05, 0.1) is 43.0 Å². The Balaban J connectivity index is 1.21. The fraction of sp³-hybridized carbons (Fsp3) is 0.333. The maximum Gasteiger partial charge on any atom is 0.270 e. The van der Waals surface area contributed by atoms with Gasteiger partial charge in [-0.05, 0) is 60.7 Å². The molecular formula is C39H39F2N9O3. The fourth-order valence-corrected chi connectivity index (χ4v) is 6.95. The summed E-state index contributed by atoms with van der Waals surface area (Å²) in [5.74, 6) is -0.556. The highest BCUT2D eigenvalue weighted by Crippen LogP contribution is 2.38. The molecule has 1 saturated heterocycles. The van der Waals surface area contributed by atoms with Gasteiger partial charge in [0.15, 0.2) is 17.4 Å². The van der Waals surface area contributed by atoms with Crippen LogP contribution in [0.15, 0.2) is 67.1 Å². The molecule has 14 heteroatoms. The van der Waals surface area contributed by atoms with Crippen LogP contribution < -0.4 is 9.64 Å². The molecule has 1 N–H and O–H groups in total. The number of nitriles is 1. The van der Waals surface area contributed by atoms with Crippen LogP contribution in [0.4, 0.5) is 14.6 Å². The highest BCUT2D eigenvalue weighted by Gasteiger charge is 2.29. The molecular weight excluding hydrogens is 680 g/mol. The minimum atomic E-state index is -0.772. The van der Waals surface area contributed by atoms with Crippen LogP contribution in [-0.4, -0.2) is 93.0 Å². The average molecular weight is 720 g/mol. The lowest BCUT2D eigenvalue weighted by atomic mass is 9.84. The minimum Gasteiger partial charge on any atom is -0.493 e. The second kappa shape index (κ2) is 14.5. The van der Waals surface area contributed by atoms with Gasteiger partial charge in [-0.3, -0.25) is 14.3 Å². The molecule has 0 atom stereocenters. The number of H-pyrrole nitrogens is 1. The molecule has 272 valence electrons. The quantitative estimate of drug-likeness (QED) is 0.209. The number of amides is 2. The molecule has 0 unspecified atom stereocenters. The smallest absolute Gasteiger partial charge is 0.270 e. The lowest BCUT2D eigenvalue weighted by Gasteiger charge is -2.35. The van der Waals surface area contributed by atoms with Gasteiger partial charge in [-0.25, -0.2) is 13.8 Å². The van der Waals surface area contributed by atoms with Crippen molar-refractivity contribution >= 4 is 34.1 Å². The van der Waals surface area contributed by atoms with Crippen molar-refractivity contribution in [3.8, 4) is 22.9 Å². The van der Waals surface area contributed by atoms with Crippen LogP contribution in [0.25, 0.3) is 27.6 Å². The largest absolute Gasteiger partial charge is 0.493 e. The van der Waals surface area contributed by atoms with E-state index in [0.29, 0.717) is 79.3 Å². The zero-order valence-corrected chi connectivity index (χ0v) is 29.8. The molecule has 5 heterocycles. The molecule has 0 saturated carbocycles. The normalized spacial score (nSPS) is 15.0. The molecule has 2 aliphatic heterocycles. The number of carbonyl (C=O) groups excluding carboxylic acids is 2. The van der Waals surface area contributed by atoms with Gasteiger partial charge < -0.3 is 24.4 Å². The number of nitrogens with zero attached hydrogens (tertiary/aromatic N) is 8. The van der Waals surface area contributed by atoms with Crippen LogP contribution in [-0.2, 0) is 16.8 Å². The van der Waals surface area contributed by atoms with E-state index in [1.54, 1.807) is 39.0 Å². The van der Waals surface area contributed by atoms with E-state index in [1.807, 2.05) is 49.1 Å². The number of rotatable bonds is 9. The zero-order chi connectivity index (χ0) is 37.3. The summed E-state index contributed by atoms with van der Waals surface area (Å²) in [6.07, 6.45) is 7.15. The van der Waals surface area contributed by atoms with Gasteiger partial charge in [0.25, 0.3) is 5.91 Å². The molecule has 12 nitrogen and oxygen atoms in total. The van der Waals surface area contributed by atoms with Crippen molar-refractivity contribution in [2.24, 2.45) is 0 Å². The Bertz CT molecular complexity index is 2250. The number of pyridine rings is 1. The molecule has 2 aromatic carbocycles. The first kappa shape index (κ1) is 35.3. The van der Waals surface area contributed by atoms with E-state index in [9.17, 15) is 19.2 Å². The number of aromatic nitrogens is 5. The Labute approximate surface area is 305 Å². The number of ether oxygens (including phenoxy) is 1. The van der Waals surface area contributed by atoms with Crippen LogP contribution in [0, 0.1) is 23.0 Å². The number of aromatic amines is 1. The van der Waals surface area contributed by atoms with Crippen molar-refractivity contribution in [3.05, 3.63) is 95.6 Å². The Morgan fingerprint density at radius 2 is 1.85 bits per heavy atom. The van der Waals surface area contributed by atoms with Gasteiger partial charge in [-0.2, -0.15) is 5.26 Å². The predicted molar refractivity (Wildman–Crippen MR) is 195 cm³/mol. The highest BCUT2D eigenvalue weighted by atomic mass is 19.1. The summed E-state index contributed by atoms with van der Waals surface area (Å²) in [7, 11) is 1.46. The topological polar surface area (TPSA) is 136 Å². The Kier molecular flexibility index (Phi) is 9.66. The Hall–Kier alpha value is -6.10. The van der Waals surface area contributed by atoms with Gasteiger partial charge in [-0.15, -0.1) is 5.10 Å². The second-order valence-electron chi connectivity index (χ2n) is 13.8. The molecule has 0 radical (unpaired) electrons. The molecule has 0 spiro atoms. The third kappa shape index (κ3) is 7.06. The number of halogens is 2. The second-order valence-corrected chi connectivity index (χ2v) is 13.8. The first-order chi connectivity index (χ1) is 25.6. The van der Waals surface area contributed by atoms with Gasteiger partial charge in [0.1, 0.15) is 11.5 Å². The van der Waals surface area contributed by atoms with Crippen LogP contribution >= 0.6 is 0 Å². The number of piperazine rings is 1. The summed E-state index contributed by atoms with van der Waals surface area (Å²) in [4.78, 5) is 39.9. The van der Waals surface area contributed by atoms with Gasteiger partial charge in [0.2, 0.25) is 5.91 Å². The Morgan fingerprint density at radius 3 is 2.58 bits per heavy atom. The summed E-state index contributed by atoms with van der Waals surface area (Å²) in [5.41, 5.74) is 2.91. The van der Waals surface area contributed by atoms with Gasteiger partial charge in [-0.1, -0.05) is 29.5 Å². The van der Waals surface area contributed by atoms with Crippen molar-refractivity contribution in [2.75, 3.05) is 51.3 Å². The molecule has 5 aromatic rings.